The Morgan fingerprint density at radius 2 is 1.96 bits per heavy atom. The van der Waals surface area contributed by atoms with Crippen LogP contribution in [0.5, 0.6) is 5.75 Å². The number of benzene rings is 2. The number of amides is 2. The van der Waals surface area contributed by atoms with Gasteiger partial charge in [0.1, 0.15) is 5.75 Å². The molecule has 13 heteroatoms. The smallest absolute Gasteiger partial charge is 0.303 e. The molecule has 272 valence electrons. The molecule has 5 atom stereocenters. The van der Waals surface area contributed by atoms with Crippen molar-refractivity contribution in [3.63, 3.8) is 0 Å². The van der Waals surface area contributed by atoms with Crippen molar-refractivity contribution in [2.24, 2.45) is 11.8 Å². The summed E-state index contributed by atoms with van der Waals surface area (Å²) in [6, 6.07) is 11.4. The molecule has 2 amide bonds. The first kappa shape index (κ1) is 36.6. The predicted octanol–water partition coefficient (Wildman–Crippen LogP) is 4.16. The number of fused-ring (bicyclic) bond motifs is 4. The van der Waals surface area contributed by atoms with Gasteiger partial charge in [0.15, 0.2) is 5.60 Å². The average molecular weight is 729 g/mol. The fourth-order valence-corrected chi connectivity index (χ4v) is 8.88. The maximum absolute atomic E-state index is 14.2. The van der Waals surface area contributed by atoms with Gasteiger partial charge in [-0.3, -0.25) is 9.59 Å². The number of carbonyl (C=O) groups excluding carboxylic acids is 2. The summed E-state index contributed by atoms with van der Waals surface area (Å²) < 4.78 is 41.6. The number of ether oxygens (including phenoxy) is 2. The standard InChI is InChI=1S/C37H49ClN4O7S/c1-40(2)50(46,47)39-35(45)37(48-4)21-34(44)41(3)18-7-5-6-10-32(43)29-14-11-26(29)22-42-23-36(24-49-33-16-12-27(37)20-31(33)42)17-8-9-25-19-28(38)13-15-30(25)36/h6,10,12-13,15-16,19-20,26,29,32,43H,5,7-9,11,14,17-18,21-24H2,1-4H3,(H,39,45)/t26-,29+,32-,36-,37+/m0/s1. The topological polar surface area (TPSA) is 129 Å². The molecule has 2 heterocycles. The molecule has 50 heavy (non-hydrogen) atoms. The molecule has 2 aromatic carbocycles. The number of aliphatic hydroxyl groups is 1. The monoisotopic (exact) mass is 728 g/mol. The Bertz CT molecular complexity index is 1750. The second kappa shape index (κ2) is 14.5. The molecule has 6 rings (SSSR count). The number of aryl methyl sites for hydroxylation is 1. The Hall–Kier alpha value is -3.16. The number of aliphatic hydroxyl groups excluding tert-OH is 1. The van der Waals surface area contributed by atoms with Crippen molar-refractivity contribution in [2.75, 3.05) is 59.4 Å². The first-order valence-corrected chi connectivity index (χ1v) is 19.3. The van der Waals surface area contributed by atoms with E-state index in [1.807, 2.05) is 24.3 Å². The van der Waals surface area contributed by atoms with Crippen LogP contribution >= 0.6 is 11.6 Å². The summed E-state index contributed by atoms with van der Waals surface area (Å²) in [5, 5.41) is 11.9. The second-order valence-electron chi connectivity index (χ2n) is 14.6. The summed E-state index contributed by atoms with van der Waals surface area (Å²) in [5.41, 5.74) is 1.17. The van der Waals surface area contributed by atoms with E-state index in [9.17, 15) is 23.1 Å². The second-order valence-corrected chi connectivity index (χ2v) is 16.9. The minimum atomic E-state index is -4.22. The number of carbonyl (C=O) groups is 2. The molecule has 11 nitrogen and oxygen atoms in total. The SMILES string of the molecule is CO[C@]1(C(=O)NS(=O)(=O)N(C)C)CC(=O)N(C)CCCC=C[C@H](O)[C@@H]2CC[C@H]2CN2C[C@@]3(CCCc4cc(Cl)ccc43)COc3ccc1cc32. The lowest BCUT2D eigenvalue weighted by molar-refractivity contribution is -0.152. The zero-order valence-electron chi connectivity index (χ0n) is 29.4. The molecule has 0 radical (unpaired) electrons. The lowest BCUT2D eigenvalue weighted by Crippen LogP contribution is -2.52. The van der Waals surface area contributed by atoms with Crippen LogP contribution in [0, 0.1) is 11.8 Å². The molecule has 4 aliphatic rings. The summed E-state index contributed by atoms with van der Waals surface area (Å²) in [6.45, 7) is 2.10. The molecular formula is C37H49ClN4O7S. The molecule has 2 N–H and O–H groups in total. The van der Waals surface area contributed by atoms with Crippen LogP contribution in [0.15, 0.2) is 48.6 Å². The van der Waals surface area contributed by atoms with Crippen LogP contribution in [0.2, 0.25) is 5.02 Å². The number of methoxy groups -OCH3 is 1. The number of nitrogens with one attached hydrogen (secondary N) is 1. The zero-order valence-corrected chi connectivity index (χ0v) is 30.9. The molecule has 2 bridgehead atoms. The maximum atomic E-state index is 14.2. The summed E-state index contributed by atoms with van der Waals surface area (Å²) in [5.74, 6) is -0.422. The number of hydrogen-bond acceptors (Lipinski definition) is 8. The molecule has 0 saturated heterocycles. The minimum absolute atomic E-state index is 0.0930. The van der Waals surface area contributed by atoms with E-state index in [1.54, 1.807) is 19.2 Å². The number of nitrogens with zero attached hydrogens (tertiary/aromatic N) is 3. The van der Waals surface area contributed by atoms with Crippen molar-refractivity contribution >= 4 is 39.3 Å². The fourth-order valence-electron chi connectivity index (χ4n) is 8.10. The third kappa shape index (κ3) is 7.01. The van der Waals surface area contributed by atoms with E-state index in [2.05, 4.69) is 21.8 Å². The van der Waals surface area contributed by atoms with Gasteiger partial charge < -0.3 is 24.4 Å². The van der Waals surface area contributed by atoms with Crippen molar-refractivity contribution in [1.29, 1.82) is 0 Å². The third-order valence-electron chi connectivity index (χ3n) is 11.3. The van der Waals surface area contributed by atoms with Gasteiger partial charge in [0.25, 0.3) is 5.91 Å². The van der Waals surface area contributed by atoms with Gasteiger partial charge in [0.05, 0.1) is 24.8 Å². The Balaban J connectivity index is 1.49. The Morgan fingerprint density at radius 3 is 2.68 bits per heavy atom. The highest BCUT2D eigenvalue weighted by molar-refractivity contribution is 7.87. The summed E-state index contributed by atoms with van der Waals surface area (Å²) in [6.07, 6.45) is 8.90. The summed E-state index contributed by atoms with van der Waals surface area (Å²) in [4.78, 5) is 31.8. The Labute approximate surface area is 300 Å². The highest BCUT2D eigenvalue weighted by Gasteiger charge is 2.48. The van der Waals surface area contributed by atoms with Crippen molar-refractivity contribution in [2.45, 2.75) is 68.5 Å². The van der Waals surface area contributed by atoms with E-state index in [0.717, 1.165) is 42.1 Å². The zero-order chi connectivity index (χ0) is 35.8. The third-order valence-corrected chi connectivity index (χ3v) is 13.0. The number of allylic oxidation sites excluding steroid dienone is 1. The van der Waals surface area contributed by atoms with E-state index in [4.69, 9.17) is 21.1 Å². The highest BCUT2D eigenvalue weighted by atomic mass is 35.5. The maximum Gasteiger partial charge on any atom is 0.303 e. The van der Waals surface area contributed by atoms with Crippen LogP contribution in [0.1, 0.15) is 61.6 Å². The van der Waals surface area contributed by atoms with E-state index in [0.29, 0.717) is 55.4 Å². The molecule has 2 aromatic rings. The van der Waals surface area contributed by atoms with Crippen molar-refractivity contribution < 1.29 is 32.6 Å². The van der Waals surface area contributed by atoms with Crippen molar-refractivity contribution in [3.8, 4) is 5.75 Å². The minimum Gasteiger partial charge on any atom is -0.490 e. The lowest BCUT2D eigenvalue weighted by Gasteiger charge is -2.45. The number of hydrogen-bond donors (Lipinski definition) is 2. The lowest BCUT2D eigenvalue weighted by atomic mass is 9.68. The normalized spacial score (nSPS) is 28.9. The average Bonchev–Trinajstić information content (AvgIpc) is 3.21. The fraction of sp³-hybridized carbons (Fsp3) is 0.568. The molecule has 0 unspecified atom stereocenters. The van der Waals surface area contributed by atoms with Crippen LogP contribution in [0.25, 0.3) is 0 Å². The first-order chi connectivity index (χ1) is 23.8. The highest BCUT2D eigenvalue weighted by Crippen LogP contribution is 2.48. The molecule has 1 spiro atoms. The molecule has 1 saturated carbocycles. The molecule has 2 aliphatic heterocycles. The van der Waals surface area contributed by atoms with Gasteiger partial charge in [0.2, 0.25) is 5.91 Å². The number of anilines is 1. The van der Waals surface area contributed by atoms with Gasteiger partial charge in [-0.05, 0) is 97.7 Å². The van der Waals surface area contributed by atoms with E-state index in [-0.39, 0.29) is 23.2 Å². The molecule has 0 aromatic heterocycles. The summed E-state index contributed by atoms with van der Waals surface area (Å²) >= 11 is 6.45. The van der Waals surface area contributed by atoms with Crippen molar-refractivity contribution in [1.82, 2.24) is 13.9 Å². The van der Waals surface area contributed by atoms with Crippen LogP contribution in [0.4, 0.5) is 5.69 Å². The molecular weight excluding hydrogens is 680 g/mol. The van der Waals surface area contributed by atoms with Crippen LogP contribution < -0.4 is 14.4 Å². The van der Waals surface area contributed by atoms with Gasteiger partial charge in [-0.15, -0.1) is 0 Å². The largest absolute Gasteiger partial charge is 0.490 e. The number of halogens is 1. The van der Waals surface area contributed by atoms with Crippen molar-refractivity contribution in [3.05, 3.63) is 70.3 Å². The van der Waals surface area contributed by atoms with Gasteiger partial charge in [-0.2, -0.15) is 12.7 Å². The quantitative estimate of drug-likeness (QED) is 0.450. The number of rotatable bonds is 4. The Morgan fingerprint density at radius 1 is 1.16 bits per heavy atom. The van der Waals surface area contributed by atoms with Gasteiger partial charge >= 0.3 is 10.2 Å². The van der Waals surface area contributed by atoms with Gasteiger partial charge in [0, 0.05) is 58.3 Å². The van der Waals surface area contributed by atoms with Crippen LogP contribution in [0.3, 0.4) is 0 Å². The summed E-state index contributed by atoms with van der Waals surface area (Å²) in [7, 11) is 1.40. The Kier molecular flexibility index (Phi) is 10.6. The van der Waals surface area contributed by atoms with E-state index in [1.165, 1.54) is 37.2 Å². The molecule has 1 fully saturated rings. The van der Waals surface area contributed by atoms with E-state index < -0.39 is 34.2 Å². The van der Waals surface area contributed by atoms with Gasteiger partial charge in [-0.1, -0.05) is 35.9 Å². The van der Waals surface area contributed by atoms with E-state index >= 15 is 0 Å². The first-order valence-electron chi connectivity index (χ1n) is 17.5. The van der Waals surface area contributed by atoms with Crippen LogP contribution in [-0.2, 0) is 42.0 Å². The predicted molar refractivity (Wildman–Crippen MR) is 193 cm³/mol. The molecule has 2 aliphatic carbocycles. The van der Waals surface area contributed by atoms with Crippen LogP contribution in [-0.4, -0.2) is 95.1 Å². The van der Waals surface area contributed by atoms with Gasteiger partial charge in [-0.25, -0.2) is 4.72 Å².